The van der Waals surface area contributed by atoms with Gasteiger partial charge in [-0.2, -0.15) is 0 Å². The van der Waals surface area contributed by atoms with E-state index in [4.69, 9.17) is 0 Å². The van der Waals surface area contributed by atoms with Crippen molar-refractivity contribution in [3.05, 3.63) is 0 Å². The average molecular weight is 200 g/mol. The zero-order valence-corrected chi connectivity index (χ0v) is 9.06. The minimum absolute atomic E-state index is 0.583. The lowest BCUT2D eigenvalue weighted by Crippen LogP contribution is -2.53. The third-order valence-corrected chi connectivity index (χ3v) is 3.46. The van der Waals surface area contributed by atoms with Crippen molar-refractivity contribution in [1.29, 1.82) is 0 Å². The Bertz CT molecular complexity index is 188. The number of piperidine rings is 2. The minimum Gasteiger partial charge on any atom is -0.315 e. The van der Waals surface area contributed by atoms with E-state index >= 15 is 0 Å². The lowest BCUT2D eigenvalue weighted by atomic mass is 9.94. The second kappa shape index (κ2) is 4.15. The molecule has 3 heteroatoms. The number of likely N-dealkylation sites (tertiary alicyclic amines) is 1. The standard InChI is InChI=1S/C11H21FN2/c1-11(12)5-3-7-14(9-11)10-4-2-6-13-8-10/h10,13H,2-9H2,1H3. The number of nitrogens with one attached hydrogen (secondary N) is 1. The van der Waals surface area contributed by atoms with E-state index in [1.807, 2.05) is 0 Å². The highest BCUT2D eigenvalue weighted by Gasteiger charge is 2.33. The van der Waals surface area contributed by atoms with Crippen LogP contribution in [-0.4, -0.2) is 42.8 Å². The molecule has 0 amide bonds. The summed E-state index contributed by atoms with van der Waals surface area (Å²) in [5.74, 6) is 0. The Labute approximate surface area is 85.9 Å². The van der Waals surface area contributed by atoms with Crippen LogP contribution in [0.5, 0.6) is 0 Å². The molecule has 0 aromatic rings. The van der Waals surface area contributed by atoms with Gasteiger partial charge in [0.2, 0.25) is 0 Å². The molecule has 82 valence electrons. The van der Waals surface area contributed by atoms with Crippen molar-refractivity contribution in [3.63, 3.8) is 0 Å². The molecule has 0 bridgehead atoms. The van der Waals surface area contributed by atoms with Crippen LogP contribution in [0.2, 0.25) is 0 Å². The van der Waals surface area contributed by atoms with Gasteiger partial charge in [0.25, 0.3) is 0 Å². The fourth-order valence-corrected chi connectivity index (χ4v) is 2.69. The van der Waals surface area contributed by atoms with Crippen molar-refractivity contribution in [2.24, 2.45) is 0 Å². The summed E-state index contributed by atoms with van der Waals surface area (Å²) >= 11 is 0. The Morgan fingerprint density at radius 3 is 2.93 bits per heavy atom. The highest BCUT2D eigenvalue weighted by Crippen LogP contribution is 2.27. The molecular formula is C11H21FN2. The predicted octanol–water partition coefficient (Wildman–Crippen LogP) is 1.56. The zero-order chi connectivity index (χ0) is 10.0. The molecule has 2 fully saturated rings. The van der Waals surface area contributed by atoms with Crippen LogP contribution in [0, 0.1) is 0 Å². The van der Waals surface area contributed by atoms with Crippen molar-refractivity contribution in [2.75, 3.05) is 26.2 Å². The lowest BCUT2D eigenvalue weighted by molar-refractivity contribution is 0.0285. The van der Waals surface area contributed by atoms with Crippen molar-refractivity contribution in [3.8, 4) is 0 Å². The fraction of sp³-hybridized carbons (Fsp3) is 1.00. The Kier molecular flexibility index (Phi) is 3.07. The number of nitrogens with zero attached hydrogens (tertiary/aromatic N) is 1. The van der Waals surface area contributed by atoms with Gasteiger partial charge in [0.05, 0.1) is 0 Å². The maximum atomic E-state index is 13.8. The molecule has 0 aromatic carbocycles. The molecule has 2 atom stereocenters. The fourth-order valence-electron chi connectivity index (χ4n) is 2.69. The topological polar surface area (TPSA) is 15.3 Å². The van der Waals surface area contributed by atoms with Crippen LogP contribution in [0.25, 0.3) is 0 Å². The summed E-state index contributed by atoms with van der Waals surface area (Å²) in [6.07, 6.45) is 4.24. The van der Waals surface area contributed by atoms with E-state index in [2.05, 4.69) is 10.2 Å². The first-order valence-corrected chi connectivity index (χ1v) is 5.81. The predicted molar refractivity (Wildman–Crippen MR) is 56.2 cm³/mol. The Morgan fingerprint density at radius 1 is 1.43 bits per heavy atom. The van der Waals surface area contributed by atoms with Gasteiger partial charge in [0.15, 0.2) is 0 Å². The molecular weight excluding hydrogens is 179 g/mol. The summed E-state index contributed by atoms with van der Waals surface area (Å²) in [7, 11) is 0. The molecule has 2 heterocycles. The monoisotopic (exact) mass is 200 g/mol. The molecule has 0 saturated carbocycles. The SMILES string of the molecule is CC1(F)CCCN(C2CCCNC2)C1. The van der Waals surface area contributed by atoms with Crippen LogP contribution in [0.3, 0.4) is 0 Å². The van der Waals surface area contributed by atoms with Gasteiger partial charge in [-0.05, 0) is 45.7 Å². The van der Waals surface area contributed by atoms with E-state index in [0.29, 0.717) is 12.6 Å². The molecule has 0 aromatic heterocycles. The van der Waals surface area contributed by atoms with E-state index < -0.39 is 5.67 Å². The smallest absolute Gasteiger partial charge is 0.120 e. The number of alkyl halides is 1. The van der Waals surface area contributed by atoms with E-state index in [1.165, 1.54) is 12.8 Å². The molecule has 2 unspecified atom stereocenters. The third kappa shape index (κ3) is 2.45. The van der Waals surface area contributed by atoms with Gasteiger partial charge in [-0.3, -0.25) is 4.90 Å². The molecule has 2 saturated heterocycles. The van der Waals surface area contributed by atoms with E-state index in [-0.39, 0.29) is 0 Å². The molecule has 2 aliphatic heterocycles. The summed E-state index contributed by atoms with van der Waals surface area (Å²) in [5, 5.41) is 3.40. The molecule has 0 radical (unpaired) electrons. The van der Waals surface area contributed by atoms with Crippen LogP contribution in [0.15, 0.2) is 0 Å². The van der Waals surface area contributed by atoms with Crippen LogP contribution in [-0.2, 0) is 0 Å². The number of rotatable bonds is 1. The zero-order valence-electron chi connectivity index (χ0n) is 9.06. The highest BCUT2D eigenvalue weighted by atomic mass is 19.1. The first-order valence-electron chi connectivity index (χ1n) is 5.81. The molecule has 1 N–H and O–H groups in total. The normalized spacial score (nSPS) is 41.1. The Hall–Kier alpha value is -0.150. The maximum Gasteiger partial charge on any atom is 0.120 e. The van der Waals surface area contributed by atoms with E-state index in [1.54, 1.807) is 6.92 Å². The highest BCUT2D eigenvalue weighted by molar-refractivity contribution is 4.88. The first kappa shape index (κ1) is 10.4. The number of hydrogen-bond acceptors (Lipinski definition) is 2. The van der Waals surface area contributed by atoms with Crippen LogP contribution >= 0.6 is 0 Å². The molecule has 0 aliphatic carbocycles. The summed E-state index contributed by atoms with van der Waals surface area (Å²) in [5.41, 5.74) is -0.949. The Balaban J connectivity index is 1.89. The first-order chi connectivity index (χ1) is 6.67. The largest absolute Gasteiger partial charge is 0.315 e. The van der Waals surface area contributed by atoms with Crippen LogP contribution in [0.4, 0.5) is 4.39 Å². The quantitative estimate of drug-likeness (QED) is 0.691. The van der Waals surface area contributed by atoms with Gasteiger partial charge in [0.1, 0.15) is 5.67 Å². The second-order valence-electron chi connectivity index (χ2n) is 4.99. The Morgan fingerprint density at radius 2 is 2.29 bits per heavy atom. The summed E-state index contributed by atoms with van der Waals surface area (Å²) in [6, 6.07) is 0.583. The van der Waals surface area contributed by atoms with Crippen molar-refractivity contribution < 1.29 is 4.39 Å². The van der Waals surface area contributed by atoms with Gasteiger partial charge in [0, 0.05) is 19.1 Å². The third-order valence-electron chi connectivity index (χ3n) is 3.46. The van der Waals surface area contributed by atoms with Crippen LogP contribution in [0.1, 0.15) is 32.6 Å². The molecule has 14 heavy (non-hydrogen) atoms. The van der Waals surface area contributed by atoms with E-state index in [9.17, 15) is 4.39 Å². The van der Waals surface area contributed by atoms with Gasteiger partial charge >= 0.3 is 0 Å². The number of halogens is 1. The van der Waals surface area contributed by atoms with Gasteiger partial charge in [-0.15, -0.1) is 0 Å². The van der Waals surface area contributed by atoms with Gasteiger partial charge < -0.3 is 5.32 Å². The van der Waals surface area contributed by atoms with Crippen LogP contribution < -0.4 is 5.32 Å². The van der Waals surface area contributed by atoms with Crippen molar-refractivity contribution in [2.45, 2.75) is 44.3 Å². The molecule has 2 nitrogen and oxygen atoms in total. The molecule has 2 rings (SSSR count). The molecule has 2 aliphatic rings. The number of hydrogen-bond donors (Lipinski definition) is 1. The van der Waals surface area contributed by atoms with E-state index in [0.717, 1.165) is 32.5 Å². The van der Waals surface area contributed by atoms with Crippen molar-refractivity contribution >= 4 is 0 Å². The lowest BCUT2D eigenvalue weighted by Gasteiger charge is -2.41. The average Bonchev–Trinajstić information content (AvgIpc) is 2.18. The van der Waals surface area contributed by atoms with Gasteiger partial charge in [-0.25, -0.2) is 4.39 Å². The summed E-state index contributed by atoms with van der Waals surface area (Å²) < 4.78 is 13.8. The van der Waals surface area contributed by atoms with Crippen molar-refractivity contribution in [1.82, 2.24) is 10.2 Å². The minimum atomic E-state index is -0.949. The summed E-state index contributed by atoms with van der Waals surface area (Å²) in [6.45, 7) is 5.66. The van der Waals surface area contributed by atoms with Gasteiger partial charge in [-0.1, -0.05) is 0 Å². The molecule has 0 spiro atoms. The maximum absolute atomic E-state index is 13.8. The summed E-state index contributed by atoms with van der Waals surface area (Å²) in [4.78, 5) is 2.34. The second-order valence-corrected chi connectivity index (χ2v) is 4.99.